The Bertz CT molecular complexity index is 719. The van der Waals surface area contributed by atoms with Crippen LogP contribution in [0, 0.1) is 5.82 Å². The van der Waals surface area contributed by atoms with Crippen molar-refractivity contribution in [3.05, 3.63) is 35.6 Å². The minimum Gasteiger partial charge on any atom is -0.368 e. The molecule has 2 aliphatic rings. The summed E-state index contributed by atoms with van der Waals surface area (Å²) < 4.78 is 19.2. The van der Waals surface area contributed by atoms with Gasteiger partial charge in [0.25, 0.3) is 5.91 Å². The predicted octanol–water partition coefficient (Wildman–Crippen LogP) is 1.94. The lowest BCUT2D eigenvalue weighted by Gasteiger charge is -2.38. The molecule has 30 heavy (non-hydrogen) atoms. The molecule has 0 bridgehead atoms. The Labute approximate surface area is 195 Å². The molecule has 168 valence electrons. The number of likely N-dealkylation sites (N-methyl/N-ethyl adjacent to an activating group) is 1. The fourth-order valence-electron chi connectivity index (χ4n) is 3.95. The number of carbonyl (C=O) groups excluding carboxylic acids is 1. The Morgan fingerprint density at radius 3 is 2.57 bits per heavy atom. The normalized spacial score (nSPS) is 20.8. The van der Waals surface area contributed by atoms with E-state index in [0.29, 0.717) is 26.2 Å². The standard InChI is InChI=1S/C21H32FN5O2.HI/c1-23-21(24-15-18(25(2)3)16-6-4-7-17(22)14-16)27-11-9-26(10-12-27)20(28)19-8-5-13-29-19;/h4,6-7,14,18-19H,5,8-13,15H2,1-3H3,(H,23,24);1H. The minimum atomic E-state index is -0.258. The van der Waals surface area contributed by atoms with Gasteiger partial charge in [0.2, 0.25) is 0 Å². The minimum absolute atomic E-state index is 0. The van der Waals surface area contributed by atoms with Gasteiger partial charge in [-0.15, -0.1) is 24.0 Å². The number of nitrogens with zero attached hydrogens (tertiary/aromatic N) is 4. The third kappa shape index (κ3) is 6.27. The molecule has 1 aromatic rings. The molecule has 2 heterocycles. The van der Waals surface area contributed by atoms with Gasteiger partial charge in [-0.2, -0.15) is 0 Å². The summed E-state index contributed by atoms with van der Waals surface area (Å²) in [7, 11) is 5.73. The van der Waals surface area contributed by atoms with Gasteiger partial charge in [-0.1, -0.05) is 12.1 Å². The summed E-state index contributed by atoms with van der Waals surface area (Å²) >= 11 is 0. The molecule has 9 heteroatoms. The Balaban J connectivity index is 0.00000320. The molecule has 2 saturated heterocycles. The highest BCUT2D eigenvalue weighted by atomic mass is 127. The topological polar surface area (TPSA) is 60.4 Å². The average molecular weight is 533 g/mol. The highest BCUT2D eigenvalue weighted by molar-refractivity contribution is 14.0. The molecule has 3 rings (SSSR count). The Hall–Kier alpha value is -1.46. The smallest absolute Gasteiger partial charge is 0.251 e. The number of piperazine rings is 1. The second kappa shape index (κ2) is 11.8. The second-order valence-electron chi connectivity index (χ2n) is 7.78. The summed E-state index contributed by atoms with van der Waals surface area (Å²) in [6, 6.07) is 6.73. The van der Waals surface area contributed by atoms with Gasteiger partial charge in [0.15, 0.2) is 5.96 Å². The van der Waals surface area contributed by atoms with Gasteiger partial charge in [-0.25, -0.2) is 4.39 Å². The van der Waals surface area contributed by atoms with Crippen LogP contribution in [0.5, 0.6) is 0 Å². The number of nitrogens with one attached hydrogen (secondary N) is 1. The maximum Gasteiger partial charge on any atom is 0.251 e. The molecule has 2 aliphatic heterocycles. The van der Waals surface area contributed by atoms with Gasteiger partial charge in [-0.3, -0.25) is 9.79 Å². The van der Waals surface area contributed by atoms with Gasteiger partial charge in [0.05, 0.1) is 6.04 Å². The number of amides is 1. The lowest BCUT2D eigenvalue weighted by molar-refractivity contribution is -0.142. The Kier molecular flexibility index (Phi) is 9.76. The van der Waals surface area contributed by atoms with Crippen LogP contribution in [0.3, 0.4) is 0 Å². The van der Waals surface area contributed by atoms with E-state index >= 15 is 0 Å². The molecule has 0 radical (unpaired) electrons. The van der Waals surface area contributed by atoms with Gasteiger partial charge in [0, 0.05) is 46.4 Å². The highest BCUT2D eigenvalue weighted by Crippen LogP contribution is 2.19. The number of aliphatic imine (C=N–C) groups is 1. The van der Waals surface area contributed by atoms with Crippen molar-refractivity contribution in [3.63, 3.8) is 0 Å². The second-order valence-corrected chi connectivity index (χ2v) is 7.78. The van der Waals surface area contributed by atoms with Crippen molar-refractivity contribution in [3.8, 4) is 0 Å². The van der Waals surface area contributed by atoms with Crippen LogP contribution in [0.4, 0.5) is 4.39 Å². The molecule has 0 spiro atoms. The summed E-state index contributed by atoms with van der Waals surface area (Å²) in [5, 5.41) is 3.42. The maximum atomic E-state index is 13.6. The van der Waals surface area contributed by atoms with Crippen LogP contribution in [0.15, 0.2) is 29.3 Å². The molecule has 2 unspecified atom stereocenters. The first-order chi connectivity index (χ1) is 14.0. The van der Waals surface area contributed by atoms with Gasteiger partial charge >= 0.3 is 0 Å². The Morgan fingerprint density at radius 1 is 1.30 bits per heavy atom. The zero-order valence-corrected chi connectivity index (χ0v) is 20.3. The quantitative estimate of drug-likeness (QED) is 0.357. The lowest BCUT2D eigenvalue weighted by atomic mass is 10.1. The maximum absolute atomic E-state index is 13.6. The molecule has 0 aliphatic carbocycles. The highest BCUT2D eigenvalue weighted by Gasteiger charge is 2.31. The average Bonchev–Trinajstić information content (AvgIpc) is 3.25. The Morgan fingerprint density at radius 2 is 2.00 bits per heavy atom. The lowest BCUT2D eigenvalue weighted by Crippen LogP contribution is -2.55. The van der Waals surface area contributed by atoms with E-state index in [1.54, 1.807) is 19.2 Å². The molecule has 2 atom stereocenters. The first kappa shape index (κ1) is 24.8. The number of carbonyl (C=O) groups is 1. The van der Waals surface area contributed by atoms with Crippen molar-refractivity contribution in [1.82, 2.24) is 20.0 Å². The van der Waals surface area contributed by atoms with Gasteiger partial charge < -0.3 is 24.8 Å². The van der Waals surface area contributed by atoms with Gasteiger partial charge in [-0.05, 0) is 44.6 Å². The van der Waals surface area contributed by atoms with E-state index in [0.717, 1.165) is 37.5 Å². The molecular weight excluding hydrogens is 500 g/mol. The van der Waals surface area contributed by atoms with Crippen LogP contribution in [0.1, 0.15) is 24.4 Å². The number of halogens is 2. The largest absolute Gasteiger partial charge is 0.368 e. The SMILES string of the molecule is CN=C(NCC(c1cccc(F)c1)N(C)C)N1CCN(C(=O)C2CCCO2)CC1.I. The van der Waals surface area contributed by atoms with Crippen molar-refractivity contribution in [2.45, 2.75) is 25.0 Å². The van der Waals surface area contributed by atoms with Crippen molar-refractivity contribution < 1.29 is 13.9 Å². The van der Waals surface area contributed by atoms with E-state index in [1.807, 2.05) is 25.1 Å². The van der Waals surface area contributed by atoms with Crippen LogP contribution in [0.25, 0.3) is 0 Å². The summed E-state index contributed by atoms with van der Waals surface area (Å²) in [6.07, 6.45) is 1.53. The number of guanidine groups is 1. The molecule has 1 N–H and O–H groups in total. The van der Waals surface area contributed by atoms with Crippen LogP contribution in [0.2, 0.25) is 0 Å². The third-order valence-corrected chi connectivity index (χ3v) is 5.62. The molecule has 0 aromatic heterocycles. The third-order valence-electron chi connectivity index (χ3n) is 5.62. The van der Waals surface area contributed by atoms with Crippen molar-refractivity contribution in [1.29, 1.82) is 0 Å². The summed E-state index contributed by atoms with van der Waals surface area (Å²) in [5.41, 5.74) is 0.921. The van der Waals surface area contributed by atoms with Crippen molar-refractivity contribution in [2.75, 3.05) is 60.5 Å². The van der Waals surface area contributed by atoms with Crippen molar-refractivity contribution in [2.24, 2.45) is 4.99 Å². The van der Waals surface area contributed by atoms with Crippen LogP contribution < -0.4 is 5.32 Å². The van der Waals surface area contributed by atoms with Crippen LogP contribution >= 0.6 is 24.0 Å². The van der Waals surface area contributed by atoms with Crippen LogP contribution in [-0.2, 0) is 9.53 Å². The first-order valence-corrected chi connectivity index (χ1v) is 10.3. The number of hydrogen-bond acceptors (Lipinski definition) is 4. The molecule has 0 saturated carbocycles. The van der Waals surface area contributed by atoms with Crippen molar-refractivity contribution >= 4 is 35.8 Å². The van der Waals surface area contributed by atoms with E-state index in [4.69, 9.17) is 4.74 Å². The predicted molar refractivity (Wildman–Crippen MR) is 127 cm³/mol. The number of ether oxygens (including phenoxy) is 1. The molecule has 1 aromatic carbocycles. The number of rotatable bonds is 5. The van der Waals surface area contributed by atoms with E-state index in [-0.39, 0.29) is 47.8 Å². The van der Waals surface area contributed by atoms with E-state index in [1.165, 1.54) is 6.07 Å². The van der Waals surface area contributed by atoms with Crippen LogP contribution in [-0.4, -0.2) is 93.1 Å². The first-order valence-electron chi connectivity index (χ1n) is 10.3. The van der Waals surface area contributed by atoms with E-state index in [9.17, 15) is 9.18 Å². The zero-order chi connectivity index (χ0) is 20.8. The zero-order valence-electron chi connectivity index (χ0n) is 18.0. The summed E-state index contributed by atoms with van der Waals surface area (Å²) in [4.78, 5) is 23.1. The van der Waals surface area contributed by atoms with E-state index in [2.05, 4.69) is 20.1 Å². The molecule has 1 amide bonds. The molecule has 2 fully saturated rings. The molecule has 7 nitrogen and oxygen atoms in total. The fraction of sp³-hybridized carbons (Fsp3) is 0.619. The molecular formula is C21H33FIN5O2. The summed E-state index contributed by atoms with van der Waals surface area (Å²) in [6.45, 7) is 4.08. The summed E-state index contributed by atoms with van der Waals surface area (Å²) in [5.74, 6) is 0.687. The number of hydrogen-bond donors (Lipinski definition) is 1. The monoisotopic (exact) mass is 533 g/mol. The van der Waals surface area contributed by atoms with E-state index < -0.39 is 0 Å². The number of benzene rings is 1. The van der Waals surface area contributed by atoms with Gasteiger partial charge in [0.1, 0.15) is 11.9 Å². The fourth-order valence-corrected chi connectivity index (χ4v) is 3.95.